The summed E-state index contributed by atoms with van der Waals surface area (Å²) in [5.41, 5.74) is -1.10. The molecule has 1 aromatic rings. The van der Waals surface area contributed by atoms with E-state index in [-0.39, 0.29) is 22.6 Å². The van der Waals surface area contributed by atoms with Gasteiger partial charge in [-0.15, -0.1) is 0 Å². The van der Waals surface area contributed by atoms with E-state index < -0.39 is 21.7 Å². The van der Waals surface area contributed by atoms with E-state index in [1.807, 2.05) is 41.5 Å². The van der Waals surface area contributed by atoms with Crippen molar-refractivity contribution in [3.63, 3.8) is 0 Å². The SMILES string of the molecule is CC[C@H](C)[C@H](NS(=O)(=O)c1ccc(Cl)cc1)C(O)(CC(C)C)CC(C)C. The molecule has 0 unspecified atom stereocenters. The summed E-state index contributed by atoms with van der Waals surface area (Å²) in [6.45, 7) is 12.2. The Labute approximate surface area is 164 Å². The predicted octanol–water partition coefficient (Wildman–Crippen LogP) is 4.86. The summed E-state index contributed by atoms with van der Waals surface area (Å²) in [7, 11) is -3.75. The average Bonchev–Trinajstić information content (AvgIpc) is 2.50. The van der Waals surface area contributed by atoms with Crippen LogP contribution in [0.4, 0.5) is 0 Å². The first kappa shape index (κ1) is 23.4. The number of hydrogen-bond acceptors (Lipinski definition) is 3. The lowest BCUT2D eigenvalue weighted by Gasteiger charge is -2.42. The van der Waals surface area contributed by atoms with Crippen LogP contribution in [0.1, 0.15) is 60.8 Å². The van der Waals surface area contributed by atoms with Gasteiger partial charge in [-0.05, 0) is 54.9 Å². The highest BCUT2D eigenvalue weighted by atomic mass is 35.5. The maximum Gasteiger partial charge on any atom is 0.240 e. The van der Waals surface area contributed by atoms with Gasteiger partial charge in [-0.25, -0.2) is 13.1 Å². The Morgan fingerprint density at radius 2 is 1.50 bits per heavy atom. The highest BCUT2D eigenvalue weighted by Gasteiger charge is 2.42. The van der Waals surface area contributed by atoms with E-state index >= 15 is 0 Å². The van der Waals surface area contributed by atoms with Gasteiger partial charge in [0.05, 0.1) is 16.5 Å². The maximum atomic E-state index is 12.9. The topological polar surface area (TPSA) is 66.4 Å². The lowest BCUT2D eigenvalue weighted by atomic mass is 9.75. The fourth-order valence-corrected chi connectivity index (χ4v) is 5.13. The molecule has 0 fully saturated rings. The molecule has 4 nitrogen and oxygen atoms in total. The Morgan fingerprint density at radius 3 is 1.88 bits per heavy atom. The lowest BCUT2D eigenvalue weighted by molar-refractivity contribution is -0.0424. The Morgan fingerprint density at radius 1 is 1.04 bits per heavy atom. The molecular weight excluding hydrogens is 370 g/mol. The van der Waals surface area contributed by atoms with Gasteiger partial charge in [-0.3, -0.25) is 0 Å². The first-order valence-electron chi connectivity index (χ1n) is 9.41. The Hall–Kier alpha value is -0.620. The third-order valence-corrected chi connectivity index (χ3v) is 6.43. The second-order valence-electron chi connectivity index (χ2n) is 8.24. The molecule has 0 spiro atoms. The number of aliphatic hydroxyl groups is 1. The van der Waals surface area contributed by atoms with Crippen molar-refractivity contribution in [3.05, 3.63) is 29.3 Å². The lowest BCUT2D eigenvalue weighted by Crippen LogP contribution is -2.57. The zero-order chi connectivity index (χ0) is 20.1. The summed E-state index contributed by atoms with van der Waals surface area (Å²) in [5.74, 6) is 0.509. The first-order chi connectivity index (χ1) is 11.9. The van der Waals surface area contributed by atoms with E-state index in [1.165, 1.54) is 12.1 Å². The minimum atomic E-state index is -3.75. The van der Waals surface area contributed by atoms with Gasteiger partial charge in [-0.1, -0.05) is 59.6 Å². The molecule has 2 atom stereocenters. The highest BCUT2D eigenvalue weighted by molar-refractivity contribution is 7.89. The highest BCUT2D eigenvalue weighted by Crippen LogP contribution is 2.33. The molecule has 6 heteroatoms. The standard InChI is InChI=1S/C20H34ClNO3S/c1-7-16(6)19(20(23,12-14(2)3)13-15(4)5)22-26(24,25)18-10-8-17(21)9-11-18/h8-11,14-16,19,22-23H,7,12-13H2,1-6H3/t16-,19-/m0/s1. The molecule has 150 valence electrons. The second kappa shape index (κ2) is 9.54. The molecule has 0 amide bonds. The summed E-state index contributed by atoms with van der Waals surface area (Å²) in [5, 5.41) is 12.0. The van der Waals surface area contributed by atoms with Crippen molar-refractivity contribution < 1.29 is 13.5 Å². The van der Waals surface area contributed by atoms with Crippen molar-refractivity contribution in [2.75, 3.05) is 0 Å². The van der Waals surface area contributed by atoms with Crippen LogP contribution in [0, 0.1) is 17.8 Å². The van der Waals surface area contributed by atoms with Crippen LogP contribution in [0.2, 0.25) is 5.02 Å². The van der Waals surface area contributed by atoms with Gasteiger partial charge in [0.25, 0.3) is 0 Å². The quantitative estimate of drug-likeness (QED) is 0.586. The molecule has 1 aromatic carbocycles. The molecule has 1 rings (SSSR count). The summed E-state index contributed by atoms with van der Waals surface area (Å²) < 4.78 is 28.7. The van der Waals surface area contributed by atoms with E-state index in [2.05, 4.69) is 4.72 Å². The maximum absolute atomic E-state index is 12.9. The minimum Gasteiger partial charge on any atom is -0.388 e. The molecule has 0 saturated carbocycles. The fraction of sp³-hybridized carbons (Fsp3) is 0.700. The normalized spacial score (nSPS) is 15.5. The van der Waals surface area contributed by atoms with Crippen LogP contribution in [-0.2, 0) is 10.0 Å². The van der Waals surface area contributed by atoms with Crippen LogP contribution in [0.15, 0.2) is 29.2 Å². The van der Waals surface area contributed by atoms with E-state index in [4.69, 9.17) is 11.6 Å². The van der Waals surface area contributed by atoms with Crippen molar-refractivity contribution in [1.82, 2.24) is 4.72 Å². The monoisotopic (exact) mass is 403 g/mol. The Balaban J connectivity index is 3.28. The van der Waals surface area contributed by atoms with E-state index in [9.17, 15) is 13.5 Å². The van der Waals surface area contributed by atoms with Gasteiger partial charge >= 0.3 is 0 Å². The van der Waals surface area contributed by atoms with Crippen LogP contribution in [0.25, 0.3) is 0 Å². The van der Waals surface area contributed by atoms with Crippen LogP contribution in [0.5, 0.6) is 0 Å². The summed E-state index contributed by atoms with van der Waals surface area (Å²) in [6, 6.07) is 5.54. The van der Waals surface area contributed by atoms with E-state index in [0.717, 1.165) is 6.42 Å². The van der Waals surface area contributed by atoms with E-state index in [0.29, 0.717) is 17.9 Å². The van der Waals surface area contributed by atoms with Gasteiger partial charge in [-0.2, -0.15) is 0 Å². The van der Waals surface area contributed by atoms with Crippen LogP contribution in [0.3, 0.4) is 0 Å². The third-order valence-electron chi connectivity index (χ3n) is 4.72. The molecule has 0 heterocycles. The van der Waals surface area contributed by atoms with Crippen LogP contribution < -0.4 is 4.72 Å². The van der Waals surface area contributed by atoms with Crippen molar-refractivity contribution in [2.45, 2.75) is 77.3 Å². The summed E-state index contributed by atoms with van der Waals surface area (Å²) in [4.78, 5) is 0.159. The fourth-order valence-electron chi connectivity index (χ4n) is 3.59. The number of halogens is 1. The molecular formula is C20H34ClNO3S. The molecule has 26 heavy (non-hydrogen) atoms. The van der Waals surface area contributed by atoms with Gasteiger partial charge in [0.1, 0.15) is 0 Å². The molecule has 0 aliphatic heterocycles. The van der Waals surface area contributed by atoms with Gasteiger partial charge in [0.2, 0.25) is 10.0 Å². The first-order valence-corrected chi connectivity index (χ1v) is 11.3. The third kappa shape index (κ3) is 6.52. The summed E-state index contributed by atoms with van der Waals surface area (Å²) >= 11 is 5.87. The largest absolute Gasteiger partial charge is 0.388 e. The smallest absolute Gasteiger partial charge is 0.240 e. The van der Waals surface area contributed by atoms with Gasteiger partial charge in [0.15, 0.2) is 0 Å². The van der Waals surface area contributed by atoms with Crippen LogP contribution in [-0.4, -0.2) is 25.2 Å². The molecule has 0 radical (unpaired) electrons. The zero-order valence-corrected chi connectivity index (χ0v) is 18.4. The zero-order valence-electron chi connectivity index (χ0n) is 16.8. The number of nitrogens with one attached hydrogen (secondary N) is 1. The molecule has 2 N–H and O–H groups in total. The minimum absolute atomic E-state index is 0.000393. The summed E-state index contributed by atoms with van der Waals surface area (Å²) in [6.07, 6.45) is 1.86. The predicted molar refractivity (Wildman–Crippen MR) is 109 cm³/mol. The van der Waals surface area contributed by atoms with Crippen molar-refractivity contribution in [3.8, 4) is 0 Å². The second-order valence-corrected chi connectivity index (χ2v) is 10.4. The number of rotatable bonds is 10. The Kier molecular flexibility index (Phi) is 8.59. The van der Waals surface area contributed by atoms with E-state index in [1.54, 1.807) is 12.1 Å². The molecule has 0 bridgehead atoms. The molecule has 0 saturated heterocycles. The van der Waals surface area contributed by atoms with Crippen molar-refractivity contribution in [2.24, 2.45) is 17.8 Å². The molecule has 0 aliphatic carbocycles. The molecule has 0 aromatic heterocycles. The van der Waals surface area contributed by atoms with Crippen LogP contribution >= 0.6 is 11.6 Å². The number of sulfonamides is 1. The Bertz CT molecular complexity index is 646. The number of benzene rings is 1. The van der Waals surface area contributed by atoms with Gasteiger partial charge in [0, 0.05) is 5.02 Å². The average molecular weight is 404 g/mol. The van der Waals surface area contributed by atoms with Crippen molar-refractivity contribution >= 4 is 21.6 Å². The van der Waals surface area contributed by atoms with Crippen molar-refractivity contribution in [1.29, 1.82) is 0 Å². The van der Waals surface area contributed by atoms with Gasteiger partial charge < -0.3 is 5.11 Å². The number of hydrogen-bond donors (Lipinski definition) is 2. The molecule has 0 aliphatic rings.